The van der Waals surface area contributed by atoms with Gasteiger partial charge in [-0.25, -0.2) is 0 Å². The van der Waals surface area contributed by atoms with E-state index in [1.165, 1.54) is 0 Å². The minimum Gasteiger partial charge on any atom is -0.381 e. The molecule has 0 amide bonds. The highest BCUT2D eigenvalue weighted by Crippen LogP contribution is 2.28. The monoisotopic (exact) mass is 260 g/mol. The maximum absolute atomic E-state index is 5.81. The van der Waals surface area contributed by atoms with E-state index in [9.17, 15) is 0 Å². The van der Waals surface area contributed by atoms with Gasteiger partial charge in [0.15, 0.2) is 5.16 Å². The lowest BCUT2D eigenvalue weighted by atomic mass is 10.2. The molecule has 0 aliphatic carbocycles. The number of anilines is 1. The van der Waals surface area contributed by atoms with Gasteiger partial charge in [0.25, 0.3) is 0 Å². The zero-order chi connectivity index (χ0) is 11.4. The molecule has 2 heterocycles. The average molecular weight is 261 g/mol. The van der Waals surface area contributed by atoms with E-state index in [1.54, 1.807) is 18.8 Å². The number of ether oxygens (including phenoxy) is 1. The molecule has 88 valence electrons. The Hall–Kier alpha value is -0.590. The van der Waals surface area contributed by atoms with Crippen LogP contribution in [0.4, 0.5) is 5.95 Å². The van der Waals surface area contributed by atoms with E-state index >= 15 is 0 Å². The molecule has 0 atom stereocenters. The van der Waals surface area contributed by atoms with Crippen LogP contribution in [0.2, 0.25) is 5.28 Å². The van der Waals surface area contributed by atoms with Crippen molar-refractivity contribution >= 4 is 29.3 Å². The van der Waals surface area contributed by atoms with Gasteiger partial charge in [-0.05, 0) is 24.4 Å². The molecule has 7 heteroatoms. The third kappa shape index (κ3) is 3.20. The van der Waals surface area contributed by atoms with Crippen molar-refractivity contribution in [2.24, 2.45) is 0 Å². The van der Waals surface area contributed by atoms with Gasteiger partial charge in [0.2, 0.25) is 11.2 Å². The molecule has 0 spiro atoms. The predicted octanol–water partition coefficient (Wildman–Crippen LogP) is 1.84. The van der Waals surface area contributed by atoms with Crippen LogP contribution in [0.1, 0.15) is 12.8 Å². The molecule has 5 nitrogen and oxygen atoms in total. The summed E-state index contributed by atoms with van der Waals surface area (Å²) in [7, 11) is 1.76. The summed E-state index contributed by atoms with van der Waals surface area (Å²) in [6, 6.07) is 0. The van der Waals surface area contributed by atoms with E-state index in [0.717, 1.165) is 26.1 Å². The average Bonchev–Trinajstić information content (AvgIpc) is 2.29. The van der Waals surface area contributed by atoms with Crippen molar-refractivity contribution in [3.05, 3.63) is 5.28 Å². The van der Waals surface area contributed by atoms with E-state index in [-0.39, 0.29) is 5.28 Å². The molecule has 1 aliphatic rings. The Balaban J connectivity index is 2.04. The smallest absolute Gasteiger partial charge is 0.228 e. The van der Waals surface area contributed by atoms with E-state index < -0.39 is 0 Å². The highest BCUT2D eigenvalue weighted by Gasteiger charge is 2.17. The summed E-state index contributed by atoms with van der Waals surface area (Å²) in [4.78, 5) is 12.3. The number of thioether (sulfide) groups is 1. The number of nitrogens with one attached hydrogen (secondary N) is 1. The number of hydrogen-bond acceptors (Lipinski definition) is 6. The minimum absolute atomic E-state index is 0.230. The molecule has 16 heavy (non-hydrogen) atoms. The van der Waals surface area contributed by atoms with Crippen LogP contribution in [-0.2, 0) is 4.74 Å². The largest absolute Gasteiger partial charge is 0.381 e. The summed E-state index contributed by atoms with van der Waals surface area (Å²) in [5.41, 5.74) is 0. The van der Waals surface area contributed by atoms with Gasteiger partial charge in [0.1, 0.15) is 0 Å². The number of rotatable bonds is 3. The minimum atomic E-state index is 0.230. The summed E-state index contributed by atoms with van der Waals surface area (Å²) < 4.78 is 5.30. The number of hydrogen-bond donors (Lipinski definition) is 1. The molecule has 0 bridgehead atoms. The maximum atomic E-state index is 5.81. The van der Waals surface area contributed by atoms with Crippen LogP contribution >= 0.6 is 23.4 Å². The predicted molar refractivity (Wildman–Crippen MR) is 64.1 cm³/mol. The SMILES string of the molecule is CNc1nc(Cl)nc(SC2CCOCC2)n1. The van der Waals surface area contributed by atoms with Crippen molar-refractivity contribution in [1.29, 1.82) is 0 Å². The van der Waals surface area contributed by atoms with Gasteiger partial charge in [0, 0.05) is 25.5 Å². The van der Waals surface area contributed by atoms with E-state index in [2.05, 4.69) is 20.3 Å². The topological polar surface area (TPSA) is 59.9 Å². The third-order valence-corrected chi connectivity index (χ3v) is 3.62. The van der Waals surface area contributed by atoms with Gasteiger partial charge in [0.05, 0.1) is 0 Å². The first-order chi connectivity index (χ1) is 7.78. The van der Waals surface area contributed by atoms with Gasteiger partial charge < -0.3 is 10.1 Å². The van der Waals surface area contributed by atoms with E-state index in [1.807, 2.05) is 0 Å². The van der Waals surface area contributed by atoms with E-state index in [4.69, 9.17) is 16.3 Å². The summed E-state index contributed by atoms with van der Waals surface area (Å²) >= 11 is 7.45. The van der Waals surface area contributed by atoms with Crippen LogP contribution in [0.3, 0.4) is 0 Å². The molecule has 0 saturated carbocycles. The first-order valence-corrected chi connectivity index (χ1v) is 6.37. The lowest BCUT2D eigenvalue weighted by Crippen LogP contribution is -2.17. The quantitative estimate of drug-likeness (QED) is 0.895. The Kier molecular flexibility index (Phi) is 4.20. The van der Waals surface area contributed by atoms with Crippen molar-refractivity contribution in [3.8, 4) is 0 Å². The highest BCUT2D eigenvalue weighted by molar-refractivity contribution is 7.99. The second kappa shape index (κ2) is 5.65. The van der Waals surface area contributed by atoms with Gasteiger partial charge in [-0.2, -0.15) is 15.0 Å². The second-order valence-electron chi connectivity index (χ2n) is 3.39. The fourth-order valence-corrected chi connectivity index (χ4v) is 2.65. The number of nitrogens with zero attached hydrogens (tertiary/aromatic N) is 3. The zero-order valence-electron chi connectivity index (χ0n) is 8.94. The van der Waals surface area contributed by atoms with Crippen LogP contribution in [0.25, 0.3) is 0 Å². The van der Waals surface area contributed by atoms with Crippen molar-refractivity contribution in [3.63, 3.8) is 0 Å². The number of aromatic nitrogens is 3. The third-order valence-electron chi connectivity index (χ3n) is 2.25. The molecular formula is C9H13ClN4OS. The van der Waals surface area contributed by atoms with E-state index in [0.29, 0.717) is 16.4 Å². The molecule has 2 rings (SSSR count). The van der Waals surface area contributed by atoms with Crippen LogP contribution in [0.15, 0.2) is 5.16 Å². The van der Waals surface area contributed by atoms with Crippen molar-refractivity contribution < 1.29 is 4.74 Å². The van der Waals surface area contributed by atoms with Crippen LogP contribution in [0.5, 0.6) is 0 Å². The standard InChI is InChI=1S/C9H13ClN4OS/c1-11-8-12-7(10)13-9(14-8)16-6-2-4-15-5-3-6/h6H,2-5H2,1H3,(H,11,12,13,14). The second-order valence-corrected chi connectivity index (χ2v) is 5.00. The van der Waals surface area contributed by atoms with Gasteiger partial charge >= 0.3 is 0 Å². The zero-order valence-corrected chi connectivity index (χ0v) is 10.5. The molecule has 0 aromatic carbocycles. The fourth-order valence-electron chi connectivity index (χ4n) is 1.44. The van der Waals surface area contributed by atoms with Gasteiger partial charge in [-0.15, -0.1) is 0 Å². The normalized spacial score (nSPS) is 17.4. The summed E-state index contributed by atoms with van der Waals surface area (Å²) in [6.07, 6.45) is 2.06. The molecule has 0 unspecified atom stereocenters. The summed E-state index contributed by atoms with van der Waals surface area (Å²) in [5.74, 6) is 0.509. The Morgan fingerprint density at radius 2 is 2.06 bits per heavy atom. The van der Waals surface area contributed by atoms with Crippen molar-refractivity contribution in [2.75, 3.05) is 25.6 Å². The Morgan fingerprint density at radius 3 is 2.75 bits per heavy atom. The molecule has 1 fully saturated rings. The Morgan fingerprint density at radius 1 is 1.31 bits per heavy atom. The fraction of sp³-hybridized carbons (Fsp3) is 0.667. The summed E-state index contributed by atoms with van der Waals surface area (Å²) in [5, 5.41) is 4.28. The van der Waals surface area contributed by atoms with Crippen molar-refractivity contribution in [2.45, 2.75) is 23.2 Å². The molecular weight excluding hydrogens is 248 g/mol. The molecule has 1 N–H and O–H groups in total. The lowest BCUT2D eigenvalue weighted by Gasteiger charge is -2.20. The molecule has 1 saturated heterocycles. The molecule has 0 radical (unpaired) electrons. The maximum Gasteiger partial charge on any atom is 0.228 e. The van der Waals surface area contributed by atoms with Crippen LogP contribution in [0, 0.1) is 0 Å². The first-order valence-electron chi connectivity index (χ1n) is 5.11. The van der Waals surface area contributed by atoms with Crippen LogP contribution < -0.4 is 5.32 Å². The molecule has 1 aliphatic heterocycles. The van der Waals surface area contributed by atoms with Crippen LogP contribution in [-0.4, -0.2) is 40.5 Å². The van der Waals surface area contributed by atoms with Gasteiger partial charge in [-0.3, -0.25) is 0 Å². The van der Waals surface area contributed by atoms with Crippen molar-refractivity contribution in [1.82, 2.24) is 15.0 Å². The highest BCUT2D eigenvalue weighted by atomic mass is 35.5. The van der Waals surface area contributed by atoms with Gasteiger partial charge in [-0.1, -0.05) is 11.8 Å². The number of halogens is 1. The molecule has 1 aromatic rings. The summed E-state index contributed by atoms with van der Waals surface area (Å²) in [6.45, 7) is 1.63. The molecule has 1 aromatic heterocycles. The Labute approximate surface area is 103 Å². The lowest BCUT2D eigenvalue weighted by molar-refractivity contribution is 0.1000. The first kappa shape index (κ1) is 11.9. The Bertz CT molecular complexity index is 359.